The molecule has 154 valence electrons. The molecule has 3 aromatic rings. The second-order valence-electron chi connectivity index (χ2n) is 6.45. The van der Waals surface area contributed by atoms with Crippen LogP contribution in [0, 0.1) is 12.7 Å². The second kappa shape index (κ2) is 8.56. The van der Waals surface area contributed by atoms with E-state index in [1.54, 1.807) is 6.92 Å². The lowest BCUT2D eigenvalue weighted by Crippen LogP contribution is -2.41. The minimum atomic E-state index is -0.919. The predicted molar refractivity (Wildman–Crippen MR) is 107 cm³/mol. The molecule has 0 fully saturated rings. The highest BCUT2D eigenvalue weighted by Crippen LogP contribution is 2.13. The van der Waals surface area contributed by atoms with Gasteiger partial charge in [0, 0.05) is 18.1 Å². The summed E-state index contributed by atoms with van der Waals surface area (Å²) in [5.74, 6) is -1.58. The highest BCUT2D eigenvalue weighted by molar-refractivity contribution is 5.92. The molecule has 3 rings (SSSR count). The van der Waals surface area contributed by atoms with Crippen LogP contribution in [0.1, 0.15) is 15.9 Å². The maximum Gasteiger partial charge on any atom is 0.337 e. The summed E-state index contributed by atoms with van der Waals surface area (Å²) < 4.78 is 20.1. The zero-order chi connectivity index (χ0) is 21.8. The molecule has 1 amide bonds. The minimum Gasteiger partial charge on any atom is -0.465 e. The van der Waals surface area contributed by atoms with E-state index in [-0.39, 0.29) is 5.69 Å². The summed E-state index contributed by atoms with van der Waals surface area (Å²) in [4.78, 5) is 48.5. The number of carbonyl (C=O) groups is 2. The van der Waals surface area contributed by atoms with E-state index in [0.29, 0.717) is 16.8 Å². The van der Waals surface area contributed by atoms with Crippen molar-refractivity contribution in [2.45, 2.75) is 13.5 Å². The Hall–Kier alpha value is -4.01. The lowest BCUT2D eigenvalue weighted by Gasteiger charge is -2.11. The number of aromatic nitrogens is 2. The lowest BCUT2D eigenvalue weighted by atomic mass is 10.2. The van der Waals surface area contributed by atoms with Crippen LogP contribution in [0.3, 0.4) is 0 Å². The Morgan fingerprint density at radius 1 is 1.03 bits per heavy atom. The van der Waals surface area contributed by atoms with Gasteiger partial charge in [-0.25, -0.2) is 9.18 Å². The molecule has 1 aromatic heterocycles. The van der Waals surface area contributed by atoms with Crippen LogP contribution in [-0.4, -0.2) is 28.1 Å². The van der Waals surface area contributed by atoms with Gasteiger partial charge >= 0.3 is 17.1 Å². The van der Waals surface area contributed by atoms with E-state index >= 15 is 0 Å². The lowest BCUT2D eigenvalue weighted by molar-refractivity contribution is -0.116. The third-order valence-electron chi connectivity index (χ3n) is 4.39. The molecule has 0 unspecified atom stereocenters. The molecule has 1 heterocycles. The summed E-state index contributed by atoms with van der Waals surface area (Å²) in [5, 5.41) is 2.57. The van der Waals surface area contributed by atoms with Gasteiger partial charge in [0.05, 0.1) is 18.4 Å². The number of halogens is 1. The molecule has 0 saturated carbocycles. The Balaban J connectivity index is 1.79. The third-order valence-corrected chi connectivity index (χ3v) is 4.39. The molecule has 0 aliphatic heterocycles. The van der Waals surface area contributed by atoms with Gasteiger partial charge in [0.15, 0.2) is 0 Å². The monoisotopic (exact) mass is 411 g/mol. The van der Waals surface area contributed by atoms with E-state index in [9.17, 15) is 23.6 Å². The first kappa shape index (κ1) is 20.7. The van der Waals surface area contributed by atoms with Crippen LogP contribution in [-0.2, 0) is 16.1 Å². The Morgan fingerprint density at radius 2 is 1.73 bits per heavy atom. The summed E-state index contributed by atoms with van der Waals surface area (Å²) in [5.41, 5.74) is -0.227. The number of anilines is 1. The van der Waals surface area contributed by atoms with E-state index in [0.717, 1.165) is 15.2 Å². The van der Waals surface area contributed by atoms with Gasteiger partial charge in [0.2, 0.25) is 5.91 Å². The van der Waals surface area contributed by atoms with Crippen LogP contribution in [0.2, 0.25) is 0 Å². The van der Waals surface area contributed by atoms with Gasteiger partial charge < -0.3 is 10.1 Å². The molecule has 2 aromatic carbocycles. The van der Waals surface area contributed by atoms with Gasteiger partial charge in [0.1, 0.15) is 12.4 Å². The van der Waals surface area contributed by atoms with Crippen molar-refractivity contribution in [2.24, 2.45) is 0 Å². The SMILES string of the molecule is COC(=O)c1ccc(NC(=O)Cn2ccn(-c3cc(F)ccc3C)c(=O)c2=O)cc1. The van der Waals surface area contributed by atoms with Crippen molar-refractivity contribution in [1.29, 1.82) is 0 Å². The number of esters is 1. The van der Waals surface area contributed by atoms with Crippen molar-refractivity contribution in [1.82, 2.24) is 9.13 Å². The largest absolute Gasteiger partial charge is 0.465 e. The number of rotatable bonds is 5. The van der Waals surface area contributed by atoms with Gasteiger partial charge in [-0.3, -0.25) is 23.5 Å². The first-order valence-corrected chi connectivity index (χ1v) is 8.87. The quantitative estimate of drug-likeness (QED) is 0.511. The molecule has 0 aliphatic carbocycles. The first-order valence-electron chi connectivity index (χ1n) is 8.87. The molecule has 9 heteroatoms. The number of carbonyl (C=O) groups excluding carboxylic acids is 2. The van der Waals surface area contributed by atoms with E-state index in [2.05, 4.69) is 10.1 Å². The summed E-state index contributed by atoms with van der Waals surface area (Å²) >= 11 is 0. The van der Waals surface area contributed by atoms with Crippen LogP contribution < -0.4 is 16.4 Å². The second-order valence-corrected chi connectivity index (χ2v) is 6.45. The highest BCUT2D eigenvalue weighted by atomic mass is 19.1. The Labute approximate surface area is 170 Å². The van der Waals surface area contributed by atoms with Crippen molar-refractivity contribution < 1.29 is 18.7 Å². The van der Waals surface area contributed by atoms with Crippen molar-refractivity contribution in [3.63, 3.8) is 0 Å². The van der Waals surface area contributed by atoms with Crippen molar-refractivity contribution in [3.05, 3.63) is 92.5 Å². The standard InChI is InChI=1S/C21H18FN3O5/c1-13-3-6-15(22)11-17(13)25-10-9-24(19(27)20(25)28)12-18(26)23-16-7-4-14(5-8-16)21(29)30-2/h3-11H,12H2,1-2H3,(H,23,26). The Kier molecular flexibility index (Phi) is 5.91. The molecule has 0 atom stereocenters. The maximum atomic E-state index is 13.5. The van der Waals surface area contributed by atoms with Crippen LogP contribution in [0.25, 0.3) is 5.69 Å². The van der Waals surface area contributed by atoms with E-state index < -0.39 is 35.4 Å². The summed E-state index contributed by atoms with van der Waals surface area (Å²) in [6.45, 7) is 1.29. The molecule has 0 spiro atoms. The van der Waals surface area contributed by atoms with Gasteiger partial charge in [-0.15, -0.1) is 0 Å². The topological polar surface area (TPSA) is 99.4 Å². The van der Waals surface area contributed by atoms with Gasteiger partial charge in [-0.1, -0.05) is 6.07 Å². The summed E-state index contributed by atoms with van der Waals surface area (Å²) in [7, 11) is 1.26. The number of nitrogens with zero attached hydrogens (tertiary/aromatic N) is 2. The first-order chi connectivity index (χ1) is 14.3. The average Bonchev–Trinajstić information content (AvgIpc) is 2.73. The minimum absolute atomic E-state index is 0.249. The third kappa shape index (κ3) is 4.35. The number of hydrogen-bond acceptors (Lipinski definition) is 5. The van der Waals surface area contributed by atoms with Gasteiger partial charge in [-0.05, 0) is 48.9 Å². The van der Waals surface area contributed by atoms with Crippen LogP contribution in [0.4, 0.5) is 10.1 Å². The van der Waals surface area contributed by atoms with E-state index in [1.165, 1.54) is 55.9 Å². The van der Waals surface area contributed by atoms with E-state index in [1.807, 2.05) is 0 Å². The molecule has 0 aliphatic rings. The fraction of sp³-hybridized carbons (Fsp3) is 0.143. The molecule has 8 nitrogen and oxygen atoms in total. The maximum absolute atomic E-state index is 13.5. The fourth-order valence-electron chi connectivity index (χ4n) is 2.83. The molecule has 30 heavy (non-hydrogen) atoms. The summed E-state index contributed by atoms with van der Waals surface area (Å²) in [6.07, 6.45) is 2.60. The van der Waals surface area contributed by atoms with Crippen molar-refractivity contribution >= 4 is 17.6 Å². The zero-order valence-electron chi connectivity index (χ0n) is 16.2. The molecule has 0 bridgehead atoms. The Morgan fingerprint density at radius 3 is 2.40 bits per heavy atom. The van der Waals surface area contributed by atoms with Gasteiger partial charge in [0.25, 0.3) is 0 Å². The number of benzene rings is 2. The molecule has 1 N–H and O–H groups in total. The van der Waals surface area contributed by atoms with Crippen LogP contribution in [0.5, 0.6) is 0 Å². The normalized spacial score (nSPS) is 10.5. The predicted octanol–water partition coefficient (Wildman–Crippen LogP) is 1.87. The zero-order valence-corrected chi connectivity index (χ0v) is 16.2. The van der Waals surface area contributed by atoms with E-state index in [4.69, 9.17) is 0 Å². The number of aryl methyl sites for hydroxylation is 1. The average molecular weight is 411 g/mol. The molecular weight excluding hydrogens is 393 g/mol. The number of amides is 1. The molecular formula is C21H18FN3O5. The Bertz CT molecular complexity index is 1230. The molecule has 0 saturated heterocycles. The number of hydrogen-bond donors (Lipinski definition) is 1. The van der Waals surface area contributed by atoms with Crippen molar-refractivity contribution in [3.8, 4) is 5.69 Å². The number of nitrogens with one attached hydrogen (secondary N) is 1. The van der Waals surface area contributed by atoms with Crippen molar-refractivity contribution in [2.75, 3.05) is 12.4 Å². The van der Waals surface area contributed by atoms with Gasteiger partial charge in [-0.2, -0.15) is 0 Å². The number of methoxy groups -OCH3 is 1. The molecule has 0 radical (unpaired) electrons. The van der Waals surface area contributed by atoms with Crippen LogP contribution >= 0.6 is 0 Å². The van der Waals surface area contributed by atoms with Crippen LogP contribution in [0.15, 0.2) is 64.4 Å². The smallest absolute Gasteiger partial charge is 0.337 e. The fourth-order valence-corrected chi connectivity index (χ4v) is 2.83. The number of ether oxygens (including phenoxy) is 1. The summed E-state index contributed by atoms with van der Waals surface area (Å²) in [6, 6.07) is 9.90. The highest BCUT2D eigenvalue weighted by Gasteiger charge is 2.12.